The first-order valence-corrected chi connectivity index (χ1v) is 32.3. The lowest BCUT2D eigenvalue weighted by molar-refractivity contribution is -0.117. The van der Waals surface area contributed by atoms with Gasteiger partial charge in [-0.05, 0) is 100 Å². The number of likely N-dealkylation sites (tertiary alicyclic amines) is 1. The predicted octanol–water partition coefficient (Wildman–Crippen LogP) is 17.5. The average molecular weight is 1060 g/mol. The normalized spacial score (nSPS) is 21.2. The third-order valence-electron chi connectivity index (χ3n) is 17.5. The number of thioether (sulfide) groups is 2. The summed E-state index contributed by atoms with van der Waals surface area (Å²) < 4.78 is 0. The minimum atomic E-state index is -0.300. The molecule has 2 aliphatic carbocycles. The van der Waals surface area contributed by atoms with Gasteiger partial charge in [0.2, 0.25) is 17.6 Å². The van der Waals surface area contributed by atoms with Crippen molar-refractivity contribution in [3.8, 4) is 0 Å². The zero-order valence-corrected chi connectivity index (χ0v) is 50.4. The van der Waals surface area contributed by atoms with E-state index in [9.17, 15) is 14.7 Å². The summed E-state index contributed by atoms with van der Waals surface area (Å²) in [6.45, 7) is 26.9. The fourth-order valence-electron chi connectivity index (χ4n) is 11.6. The fourth-order valence-corrected chi connectivity index (χ4v) is 13.5. The van der Waals surface area contributed by atoms with Crippen LogP contribution in [0.15, 0.2) is 57.5 Å². The highest BCUT2D eigenvalue weighted by Gasteiger charge is 2.50. The molecule has 1 saturated heterocycles. The van der Waals surface area contributed by atoms with Gasteiger partial charge in [-0.2, -0.15) is 23.5 Å². The number of Topliss-reactive ketones (excluding diaryl/α,β-unsaturated/α-hetero) is 1. The van der Waals surface area contributed by atoms with Crippen molar-refractivity contribution in [2.45, 2.75) is 267 Å². The van der Waals surface area contributed by atoms with E-state index in [1.807, 2.05) is 35.7 Å². The van der Waals surface area contributed by atoms with Crippen LogP contribution in [0.1, 0.15) is 248 Å². The quantitative estimate of drug-likeness (QED) is 0.0520. The smallest absolute Gasteiger partial charge is 0.247 e. The van der Waals surface area contributed by atoms with Gasteiger partial charge in [0.25, 0.3) is 0 Å². The largest absolute Gasteiger partial charge is 0.506 e. The molecule has 1 aromatic rings. The molecule has 414 valence electrons. The second kappa shape index (κ2) is 30.1. The summed E-state index contributed by atoms with van der Waals surface area (Å²) in [5.41, 5.74) is 6.13. The Morgan fingerprint density at radius 3 is 1.65 bits per heavy atom. The van der Waals surface area contributed by atoms with E-state index in [2.05, 4.69) is 110 Å². The Morgan fingerprint density at radius 1 is 0.649 bits per heavy atom. The number of carbonyl (C=O) groups excluding carboxylic acids is 3. The Kier molecular flexibility index (Phi) is 25.0. The number of allylic oxidation sites excluding steroid dienone is 6. The maximum Gasteiger partial charge on any atom is 0.247 e. The van der Waals surface area contributed by atoms with Crippen molar-refractivity contribution < 1.29 is 19.5 Å². The Bertz CT molecular complexity index is 2200. The molecular formula is C64H102N4O4S2. The Balaban J connectivity index is 1.39. The molecule has 4 unspecified atom stereocenters. The molecule has 2 aliphatic heterocycles. The molecule has 1 aromatic carbocycles. The van der Waals surface area contributed by atoms with E-state index < -0.39 is 0 Å². The van der Waals surface area contributed by atoms with Gasteiger partial charge in [0, 0.05) is 81.9 Å². The number of rotatable bonds is 34. The Hall–Kier alpha value is -3.24. The summed E-state index contributed by atoms with van der Waals surface area (Å²) in [5.74, 6) is 2.78. The summed E-state index contributed by atoms with van der Waals surface area (Å²) in [5, 5.41) is 15.7. The number of anilines is 2. The maximum atomic E-state index is 15.0. The van der Waals surface area contributed by atoms with Crippen LogP contribution in [0.3, 0.4) is 0 Å². The highest BCUT2D eigenvalue weighted by Crippen LogP contribution is 2.54. The summed E-state index contributed by atoms with van der Waals surface area (Å²) >= 11 is 3.66. The second-order valence-electron chi connectivity index (χ2n) is 23.5. The molecule has 4 atom stereocenters. The van der Waals surface area contributed by atoms with Gasteiger partial charge in [0.05, 0.1) is 22.5 Å². The van der Waals surface area contributed by atoms with E-state index in [-0.39, 0.29) is 69.5 Å². The molecule has 74 heavy (non-hydrogen) atoms. The van der Waals surface area contributed by atoms with Gasteiger partial charge in [-0.1, -0.05) is 171 Å². The number of amides is 2. The highest BCUT2D eigenvalue weighted by atomic mass is 32.2. The molecule has 1 fully saturated rings. The molecule has 0 saturated carbocycles. The van der Waals surface area contributed by atoms with Gasteiger partial charge in [-0.3, -0.25) is 14.4 Å². The fraction of sp³-hybridized carbons (Fsp3) is 0.719. The van der Waals surface area contributed by atoms with Crippen LogP contribution >= 0.6 is 23.5 Å². The minimum absolute atomic E-state index is 0.0969. The first-order valence-electron chi connectivity index (χ1n) is 30.0. The monoisotopic (exact) mass is 1050 g/mol. The van der Waals surface area contributed by atoms with E-state index in [0.717, 1.165) is 59.0 Å². The van der Waals surface area contributed by atoms with Crippen LogP contribution in [-0.2, 0) is 19.8 Å². The number of aliphatic imine (C=N–C) groups is 1. The standard InChI is InChI=1S/C64H102N4O4S2/c1-13-17-19-21-23-25-27-29-31-33-37-73-39-35-57(69)65-53-43-55-51(63(9,10)47(7)67(55)45(5)15-3)41-49(53)59-61(71)60(62(59)72)50-42-52-56(68(46(6)16-4)48(8)64(52,11)12)44-54(50)66-58(70)36-40-74-38-34-32-30-28-26-24-22-20-18-14-2/h41-48,71H,13-40H2,1-12H3,(H,65,69). The predicted molar refractivity (Wildman–Crippen MR) is 322 cm³/mol. The van der Waals surface area contributed by atoms with E-state index >= 15 is 4.79 Å². The van der Waals surface area contributed by atoms with E-state index in [1.54, 1.807) is 0 Å². The van der Waals surface area contributed by atoms with Crippen molar-refractivity contribution in [3.05, 3.63) is 63.6 Å². The van der Waals surface area contributed by atoms with E-state index in [0.29, 0.717) is 41.1 Å². The molecule has 2 heterocycles. The van der Waals surface area contributed by atoms with Crippen molar-refractivity contribution in [3.63, 3.8) is 0 Å². The molecule has 0 spiro atoms. The number of nitrogens with zero attached hydrogens (tertiary/aromatic N) is 3. The molecule has 2 amide bonds. The lowest BCUT2D eigenvalue weighted by Gasteiger charge is -2.35. The molecule has 0 bridgehead atoms. The number of unbranched alkanes of at least 4 members (excludes halogenated alkanes) is 18. The van der Waals surface area contributed by atoms with Crippen molar-refractivity contribution >= 4 is 63.8 Å². The lowest BCUT2D eigenvalue weighted by atomic mass is 9.73. The van der Waals surface area contributed by atoms with Crippen molar-refractivity contribution in [2.75, 3.05) is 33.2 Å². The Labute approximate surface area is 459 Å². The summed E-state index contributed by atoms with van der Waals surface area (Å²) in [7, 11) is 0. The third-order valence-corrected chi connectivity index (χ3v) is 19.6. The number of hydrogen-bond acceptors (Lipinski definition) is 8. The number of carbonyl (C=O) groups is 3. The van der Waals surface area contributed by atoms with Crippen LogP contribution in [0.4, 0.5) is 11.4 Å². The number of nitrogens with one attached hydrogen (secondary N) is 1. The van der Waals surface area contributed by atoms with Gasteiger partial charge in [-0.15, -0.1) is 0 Å². The topological polar surface area (TPSA) is 102 Å². The van der Waals surface area contributed by atoms with Crippen LogP contribution in [0, 0.1) is 5.41 Å². The molecule has 2 N–H and O–H groups in total. The van der Waals surface area contributed by atoms with Gasteiger partial charge >= 0.3 is 0 Å². The molecule has 5 rings (SSSR count). The van der Waals surface area contributed by atoms with Gasteiger partial charge in [-0.25, -0.2) is 4.99 Å². The zero-order chi connectivity index (χ0) is 54.0. The summed E-state index contributed by atoms with van der Waals surface area (Å²) in [4.78, 5) is 52.5. The van der Waals surface area contributed by atoms with Crippen LogP contribution in [0.5, 0.6) is 0 Å². The number of ketones is 1. The molecule has 0 aromatic heterocycles. The van der Waals surface area contributed by atoms with Gasteiger partial charge in [0.15, 0.2) is 0 Å². The average Bonchev–Trinajstić information content (AvgIpc) is 3.69. The number of fused-ring (bicyclic) bond motifs is 2. The zero-order valence-electron chi connectivity index (χ0n) is 48.7. The van der Waals surface area contributed by atoms with Crippen LogP contribution in [-0.4, -0.2) is 80.5 Å². The van der Waals surface area contributed by atoms with Gasteiger partial charge in [0.1, 0.15) is 5.76 Å². The number of aliphatic hydroxyl groups excluding tert-OH is 1. The van der Waals surface area contributed by atoms with E-state index in [4.69, 9.17) is 4.99 Å². The van der Waals surface area contributed by atoms with Gasteiger partial charge < -0.3 is 20.2 Å². The SMILES string of the molecule is CCCCCCCCCCCCSCCC(=O)N=C1C=C2C(=CC1=C1C(=O)C(c3cc4c(cc3NC(=O)CCSCCCCCCCCCCCC)N(C(C)CC)C(C)C4(C)C)=C1O)C(C)(C)C(C)N2C(C)CC. The number of hydrogen-bond donors (Lipinski definition) is 2. The molecule has 8 nitrogen and oxygen atoms in total. The summed E-state index contributed by atoms with van der Waals surface area (Å²) in [6.07, 6.45) is 32.8. The van der Waals surface area contributed by atoms with Crippen LogP contribution in [0.2, 0.25) is 0 Å². The van der Waals surface area contributed by atoms with E-state index in [1.165, 1.54) is 122 Å². The third kappa shape index (κ3) is 15.5. The van der Waals surface area contributed by atoms with Crippen LogP contribution < -0.4 is 10.2 Å². The molecule has 4 aliphatic rings. The summed E-state index contributed by atoms with van der Waals surface area (Å²) in [6, 6.07) is 4.95. The van der Waals surface area contributed by atoms with Crippen LogP contribution in [0.25, 0.3) is 5.57 Å². The van der Waals surface area contributed by atoms with Crippen molar-refractivity contribution in [2.24, 2.45) is 10.4 Å². The lowest BCUT2D eigenvalue weighted by Crippen LogP contribution is -2.43. The molecular weight excluding hydrogens is 953 g/mol. The van der Waals surface area contributed by atoms with Crippen molar-refractivity contribution in [1.29, 1.82) is 0 Å². The number of benzene rings is 1. The maximum absolute atomic E-state index is 15.0. The molecule has 0 radical (unpaired) electrons. The Morgan fingerprint density at radius 2 is 1.14 bits per heavy atom. The minimum Gasteiger partial charge on any atom is -0.506 e. The second-order valence-corrected chi connectivity index (χ2v) is 25.9. The first-order chi connectivity index (χ1) is 35.5. The molecule has 10 heteroatoms. The highest BCUT2D eigenvalue weighted by molar-refractivity contribution is 7.99. The first kappa shape index (κ1) is 61.6. The van der Waals surface area contributed by atoms with Crippen molar-refractivity contribution in [1.82, 2.24) is 4.90 Å². The number of aliphatic hydroxyl groups is 1.